The SMILES string of the molecule is CN1CCN(Cc2cc(Cl)cs2)C(CN)C1. The zero-order chi connectivity index (χ0) is 11.5. The molecule has 0 spiro atoms. The first kappa shape index (κ1) is 12.3. The molecule has 1 saturated heterocycles. The second-order valence-electron chi connectivity index (χ2n) is 4.35. The van der Waals surface area contributed by atoms with Crippen molar-refractivity contribution < 1.29 is 0 Å². The highest BCUT2D eigenvalue weighted by atomic mass is 35.5. The number of hydrogen-bond acceptors (Lipinski definition) is 4. The number of likely N-dealkylation sites (N-methyl/N-ethyl adjacent to an activating group) is 1. The summed E-state index contributed by atoms with van der Waals surface area (Å²) >= 11 is 7.66. The molecule has 2 rings (SSSR count). The molecule has 16 heavy (non-hydrogen) atoms. The Labute approximate surface area is 106 Å². The fraction of sp³-hybridized carbons (Fsp3) is 0.636. The molecule has 0 amide bonds. The van der Waals surface area contributed by atoms with Gasteiger partial charge in [0.25, 0.3) is 0 Å². The van der Waals surface area contributed by atoms with Gasteiger partial charge in [-0.15, -0.1) is 11.3 Å². The Morgan fingerprint density at radius 1 is 1.56 bits per heavy atom. The Hall–Kier alpha value is -0.130. The lowest BCUT2D eigenvalue weighted by molar-refractivity contribution is 0.0890. The van der Waals surface area contributed by atoms with Crippen LogP contribution in [0, 0.1) is 0 Å². The summed E-state index contributed by atoms with van der Waals surface area (Å²) in [5.41, 5.74) is 5.82. The normalized spacial score (nSPS) is 23.8. The zero-order valence-electron chi connectivity index (χ0n) is 9.53. The summed E-state index contributed by atoms with van der Waals surface area (Å²) in [6, 6.07) is 2.53. The molecule has 2 heterocycles. The summed E-state index contributed by atoms with van der Waals surface area (Å²) in [4.78, 5) is 6.13. The van der Waals surface area contributed by atoms with E-state index in [1.807, 2.05) is 5.38 Å². The third kappa shape index (κ3) is 2.96. The predicted molar refractivity (Wildman–Crippen MR) is 70.1 cm³/mol. The number of nitrogens with zero attached hydrogens (tertiary/aromatic N) is 2. The highest BCUT2D eigenvalue weighted by molar-refractivity contribution is 7.10. The predicted octanol–water partition coefficient (Wildman–Crippen LogP) is 1.48. The Balaban J connectivity index is 1.97. The maximum Gasteiger partial charge on any atom is 0.0516 e. The van der Waals surface area contributed by atoms with E-state index in [4.69, 9.17) is 17.3 Å². The van der Waals surface area contributed by atoms with E-state index in [1.165, 1.54) is 4.88 Å². The first-order valence-electron chi connectivity index (χ1n) is 5.54. The van der Waals surface area contributed by atoms with E-state index in [2.05, 4.69) is 22.9 Å². The molecule has 1 aromatic heterocycles. The van der Waals surface area contributed by atoms with Crippen molar-refractivity contribution in [2.24, 2.45) is 5.73 Å². The van der Waals surface area contributed by atoms with E-state index in [9.17, 15) is 0 Å². The van der Waals surface area contributed by atoms with E-state index in [0.717, 1.165) is 37.7 Å². The van der Waals surface area contributed by atoms with Gasteiger partial charge in [0.2, 0.25) is 0 Å². The maximum atomic E-state index is 5.93. The van der Waals surface area contributed by atoms with Gasteiger partial charge in [0.15, 0.2) is 0 Å². The van der Waals surface area contributed by atoms with Gasteiger partial charge in [-0.3, -0.25) is 4.90 Å². The third-order valence-electron chi connectivity index (χ3n) is 3.06. The van der Waals surface area contributed by atoms with Crippen LogP contribution in [0.2, 0.25) is 5.02 Å². The van der Waals surface area contributed by atoms with Crippen molar-refractivity contribution in [2.45, 2.75) is 12.6 Å². The molecule has 2 N–H and O–H groups in total. The van der Waals surface area contributed by atoms with Gasteiger partial charge in [0.1, 0.15) is 0 Å². The highest BCUT2D eigenvalue weighted by Crippen LogP contribution is 2.22. The van der Waals surface area contributed by atoms with Crippen molar-refractivity contribution in [2.75, 3.05) is 33.2 Å². The lowest BCUT2D eigenvalue weighted by Gasteiger charge is -2.39. The molecule has 0 radical (unpaired) electrons. The maximum absolute atomic E-state index is 5.93. The summed E-state index contributed by atoms with van der Waals surface area (Å²) < 4.78 is 0. The molecule has 5 heteroatoms. The first-order chi connectivity index (χ1) is 7.69. The molecule has 1 aromatic rings. The van der Waals surface area contributed by atoms with E-state index in [-0.39, 0.29) is 0 Å². The smallest absolute Gasteiger partial charge is 0.0516 e. The second kappa shape index (κ2) is 5.47. The molecule has 1 aliphatic heterocycles. The summed E-state index contributed by atoms with van der Waals surface area (Å²) in [5.74, 6) is 0. The molecule has 0 saturated carbocycles. The molecule has 0 aliphatic carbocycles. The Kier molecular flexibility index (Phi) is 4.21. The minimum absolute atomic E-state index is 0.472. The van der Waals surface area contributed by atoms with Crippen molar-refractivity contribution >= 4 is 22.9 Å². The fourth-order valence-electron chi connectivity index (χ4n) is 2.12. The Bertz CT molecular complexity index is 342. The average Bonchev–Trinajstić information content (AvgIpc) is 2.67. The van der Waals surface area contributed by atoms with Gasteiger partial charge in [-0.25, -0.2) is 0 Å². The van der Waals surface area contributed by atoms with Crippen molar-refractivity contribution in [1.29, 1.82) is 0 Å². The van der Waals surface area contributed by atoms with E-state index in [0.29, 0.717) is 6.04 Å². The van der Waals surface area contributed by atoms with Crippen molar-refractivity contribution in [3.8, 4) is 0 Å². The molecule has 1 fully saturated rings. The van der Waals surface area contributed by atoms with Gasteiger partial charge >= 0.3 is 0 Å². The molecule has 0 bridgehead atoms. The van der Waals surface area contributed by atoms with Crippen molar-refractivity contribution in [1.82, 2.24) is 9.80 Å². The first-order valence-corrected chi connectivity index (χ1v) is 6.80. The fourth-order valence-corrected chi connectivity index (χ4v) is 3.21. The van der Waals surface area contributed by atoms with Gasteiger partial charge in [0, 0.05) is 49.0 Å². The summed E-state index contributed by atoms with van der Waals surface area (Å²) in [6.45, 7) is 4.98. The highest BCUT2D eigenvalue weighted by Gasteiger charge is 2.24. The van der Waals surface area contributed by atoms with Crippen molar-refractivity contribution in [3.05, 3.63) is 21.3 Å². The largest absolute Gasteiger partial charge is 0.329 e. The van der Waals surface area contributed by atoms with Crippen LogP contribution in [0.15, 0.2) is 11.4 Å². The molecule has 1 atom stereocenters. The van der Waals surface area contributed by atoms with E-state index >= 15 is 0 Å². The van der Waals surface area contributed by atoms with Crippen LogP contribution < -0.4 is 5.73 Å². The third-order valence-corrected chi connectivity index (χ3v) is 4.33. The summed E-state index contributed by atoms with van der Waals surface area (Å²) in [7, 11) is 2.15. The van der Waals surface area contributed by atoms with Gasteiger partial charge in [-0.05, 0) is 13.1 Å². The summed E-state index contributed by atoms with van der Waals surface area (Å²) in [6.07, 6.45) is 0. The van der Waals surface area contributed by atoms with Crippen LogP contribution in [-0.2, 0) is 6.54 Å². The molecule has 1 unspecified atom stereocenters. The molecule has 0 aromatic carbocycles. The number of nitrogens with two attached hydrogens (primary N) is 1. The number of halogens is 1. The van der Waals surface area contributed by atoms with Gasteiger partial charge in [-0.2, -0.15) is 0 Å². The van der Waals surface area contributed by atoms with Gasteiger partial charge in [0.05, 0.1) is 5.02 Å². The van der Waals surface area contributed by atoms with Crippen LogP contribution in [0.25, 0.3) is 0 Å². The van der Waals surface area contributed by atoms with Crippen LogP contribution in [0.4, 0.5) is 0 Å². The van der Waals surface area contributed by atoms with Crippen LogP contribution >= 0.6 is 22.9 Å². The summed E-state index contributed by atoms with van der Waals surface area (Å²) in [5, 5.41) is 2.84. The topological polar surface area (TPSA) is 32.5 Å². The molecule has 90 valence electrons. The number of piperazine rings is 1. The van der Waals surface area contributed by atoms with E-state index in [1.54, 1.807) is 11.3 Å². The number of hydrogen-bond donors (Lipinski definition) is 1. The minimum atomic E-state index is 0.472. The molecule has 1 aliphatic rings. The van der Waals surface area contributed by atoms with Gasteiger partial charge < -0.3 is 10.6 Å². The quantitative estimate of drug-likeness (QED) is 0.893. The Morgan fingerprint density at radius 2 is 2.38 bits per heavy atom. The number of rotatable bonds is 3. The standard InChI is InChI=1S/C11H18ClN3S/c1-14-2-3-15(10(5-13)6-14)7-11-4-9(12)8-16-11/h4,8,10H,2-3,5-7,13H2,1H3. The lowest BCUT2D eigenvalue weighted by Crippen LogP contribution is -2.54. The van der Waals surface area contributed by atoms with Crippen molar-refractivity contribution in [3.63, 3.8) is 0 Å². The zero-order valence-corrected chi connectivity index (χ0v) is 11.1. The monoisotopic (exact) mass is 259 g/mol. The molecular formula is C11H18ClN3S. The van der Waals surface area contributed by atoms with Crippen LogP contribution in [-0.4, -0.2) is 49.1 Å². The van der Waals surface area contributed by atoms with Gasteiger partial charge in [-0.1, -0.05) is 11.6 Å². The van der Waals surface area contributed by atoms with Crippen LogP contribution in [0.3, 0.4) is 0 Å². The second-order valence-corrected chi connectivity index (χ2v) is 5.79. The van der Waals surface area contributed by atoms with Crippen LogP contribution in [0.1, 0.15) is 4.88 Å². The van der Waals surface area contributed by atoms with E-state index < -0.39 is 0 Å². The Morgan fingerprint density at radius 3 is 3.00 bits per heavy atom. The lowest BCUT2D eigenvalue weighted by atomic mass is 10.1. The minimum Gasteiger partial charge on any atom is -0.329 e. The average molecular weight is 260 g/mol. The van der Waals surface area contributed by atoms with Crippen LogP contribution in [0.5, 0.6) is 0 Å². The number of thiophene rings is 1. The molecule has 3 nitrogen and oxygen atoms in total. The molecular weight excluding hydrogens is 242 g/mol.